The van der Waals surface area contributed by atoms with Gasteiger partial charge in [-0.15, -0.1) is 0 Å². The number of nitrogens with zero attached hydrogens (tertiary/aromatic N) is 2. The standard InChI is InChI=1S/C12H13ClFN3O/c1-3-10-11(15)12(18)17(16(10)2)7-4-5-9(14)8(13)6-7/h4-6H,3,15H2,1-2H3. The van der Waals surface area contributed by atoms with Crippen molar-refractivity contribution in [1.82, 2.24) is 9.36 Å². The summed E-state index contributed by atoms with van der Waals surface area (Å²) in [5, 5.41) is -0.0304. The molecule has 0 atom stereocenters. The van der Waals surface area contributed by atoms with E-state index in [9.17, 15) is 9.18 Å². The number of rotatable bonds is 2. The molecule has 2 aromatic rings. The first-order valence-corrected chi connectivity index (χ1v) is 5.87. The molecule has 2 rings (SSSR count). The first-order valence-electron chi connectivity index (χ1n) is 5.49. The first-order chi connectivity index (χ1) is 8.47. The van der Waals surface area contributed by atoms with Crippen molar-refractivity contribution < 1.29 is 4.39 Å². The molecule has 1 aromatic heterocycles. The molecule has 0 radical (unpaired) electrons. The van der Waals surface area contributed by atoms with Gasteiger partial charge >= 0.3 is 0 Å². The van der Waals surface area contributed by atoms with E-state index in [1.165, 1.54) is 22.9 Å². The number of aromatic nitrogens is 2. The monoisotopic (exact) mass is 269 g/mol. The number of hydrogen-bond donors (Lipinski definition) is 1. The molecule has 0 bridgehead atoms. The highest BCUT2D eigenvalue weighted by atomic mass is 35.5. The van der Waals surface area contributed by atoms with E-state index in [4.69, 9.17) is 17.3 Å². The Morgan fingerprint density at radius 1 is 1.44 bits per heavy atom. The molecule has 1 aromatic carbocycles. The Morgan fingerprint density at radius 3 is 2.61 bits per heavy atom. The number of hydrogen-bond acceptors (Lipinski definition) is 2. The van der Waals surface area contributed by atoms with Gasteiger partial charge in [0, 0.05) is 7.05 Å². The lowest BCUT2D eigenvalue weighted by molar-refractivity contribution is 0.609. The van der Waals surface area contributed by atoms with Gasteiger partial charge < -0.3 is 5.73 Å². The third-order valence-corrected chi connectivity index (χ3v) is 3.20. The molecule has 6 heteroatoms. The first kappa shape index (κ1) is 12.7. The SMILES string of the molecule is CCc1c(N)c(=O)n(-c2ccc(F)c(Cl)c2)n1C. The highest BCUT2D eigenvalue weighted by Gasteiger charge is 2.15. The van der Waals surface area contributed by atoms with Gasteiger partial charge in [0.25, 0.3) is 5.56 Å². The Kier molecular flexibility index (Phi) is 3.17. The van der Waals surface area contributed by atoms with Gasteiger partial charge in [-0.3, -0.25) is 9.48 Å². The summed E-state index contributed by atoms with van der Waals surface area (Å²) in [6.45, 7) is 1.91. The van der Waals surface area contributed by atoms with Gasteiger partial charge in [-0.25, -0.2) is 9.07 Å². The highest BCUT2D eigenvalue weighted by molar-refractivity contribution is 6.30. The zero-order valence-corrected chi connectivity index (χ0v) is 10.8. The third kappa shape index (κ3) is 1.80. The van der Waals surface area contributed by atoms with E-state index in [-0.39, 0.29) is 16.3 Å². The lowest BCUT2D eigenvalue weighted by Gasteiger charge is -2.09. The minimum atomic E-state index is -0.522. The van der Waals surface area contributed by atoms with E-state index >= 15 is 0 Å². The van der Waals surface area contributed by atoms with E-state index in [1.54, 1.807) is 11.7 Å². The lowest BCUT2D eigenvalue weighted by Crippen LogP contribution is -2.20. The van der Waals surface area contributed by atoms with Crippen LogP contribution in [-0.2, 0) is 13.5 Å². The Hall–Kier alpha value is -1.75. The molecule has 0 saturated heterocycles. The number of nitrogens with two attached hydrogens (primary N) is 1. The summed E-state index contributed by atoms with van der Waals surface area (Å²) < 4.78 is 16.1. The van der Waals surface area contributed by atoms with Crippen LogP contribution in [0.5, 0.6) is 0 Å². The summed E-state index contributed by atoms with van der Waals surface area (Å²) >= 11 is 5.72. The van der Waals surface area contributed by atoms with Crippen molar-refractivity contribution in [3.8, 4) is 5.69 Å². The zero-order valence-electron chi connectivity index (χ0n) is 10.1. The van der Waals surface area contributed by atoms with Crippen LogP contribution in [-0.4, -0.2) is 9.36 Å². The highest BCUT2D eigenvalue weighted by Crippen LogP contribution is 2.19. The van der Waals surface area contributed by atoms with Crippen LogP contribution in [0.4, 0.5) is 10.1 Å². The largest absolute Gasteiger partial charge is 0.393 e. The predicted molar refractivity (Wildman–Crippen MR) is 69.8 cm³/mol. The van der Waals surface area contributed by atoms with Crippen LogP contribution in [0.3, 0.4) is 0 Å². The van der Waals surface area contributed by atoms with E-state index in [0.717, 1.165) is 5.69 Å². The molecule has 0 saturated carbocycles. The molecule has 18 heavy (non-hydrogen) atoms. The second-order valence-electron chi connectivity index (χ2n) is 3.95. The van der Waals surface area contributed by atoms with E-state index < -0.39 is 5.82 Å². The van der Waals surface area contributed by atoms with Gasteiger partial charge in [0.15, 0.2) is 0 Å². The van der Waals surface area contributed by atoms with Gasteiger partial charge in [0.1, 0.15) is 11.5 Å². The summed E-state index contributed by atoms with van der Waals surface area (Å²) in [5.41, 5.74) is 6.87. The van der Waals surface area contributed by atoms with Crippen LogP contribution < -0.4 is 11.3 Å². The van der Waals surface area contributed by atoms with Crippen LogP contribution in [0.25, 0.3) is 5.69 Å². The van der Waals surface area contributed by atoms with E-state index in [2.05, 4.69) is 0 Å². The maximum absolute atomic E-state index is 13.1. The van der Waals surface area contributed by atoms with Gasteiger partial charge in [-0.05, 0) is 24.6 Å². The van der Waals surface area contributed by atoms with Gasteiger partial charge in [-0.1, -0.05) is 18.5 Å². The fraction of sp³-hybridized carbons (Fsp3) is 0.250. The lowest BCUT2D eigenvalue weighted by atomic mass is 10.3. The van der Waals surface area contributed by atoms with Crippen molar-refractivity contribution in [3.05, 3.63) is 45.1 Å². The predicted octanol–water partition coefficient (Wildman–Crippen LogP) is 2.11. The molecule has 0 aliphatic carbocycles. The Bertz CT molecular complexity index is 660. The van der Waals surface area contributed by atoms with E-state index in [1.807, 2.05) is 6.92 Å². The average molecular weight is 270 g/mol. The summed E-state index contributed by atoms with van der Waals surface area (Å²) in [6, 6.07) is 4.11. The Labute approximate surface area is 108 Å². The Morgan fingerprint density at radius 2 is 2.11 bits per heavy atom. The molecular weight excluding hydrogens is 257 g/mol. The quantitative estimate of drug-likeness (QED) is 0.908. The minimum absolute atomic E-state index is 0.0304. The molecule has 0 unspecified atom stereocenters. The van der Waals surface area contributed by atoms with Crippen LogP contribution >= 0.6 is 11.6 Å². The molecule has 0 aliphatic heterocycles. The van der Waals surface area contributed by atoms with Crippen LogP contribution in [0, 0.1) is 5.82 Å². The molecule has 2 N–H and O–H groups in total. The number of benzene rings is 1. The zero-order chi connectivity index (χ0) is 13.4. The van der Waals surface area contributed by atoms with Crippen molar-refractivity contribution in [2.45, 2.75) is 13.3 Å². The van der Waals surface area contributed by atoms with Gasteiger partial charge in [-0.2, -0.15) is 0 Å². The van der Waals surface area contributed by atoms with Crippen molar-refractivity contribution in [1.29, 1.82) is 0 Å². The van der Waals surface area contributed by atoms with Crippen molar-refractivity contribution in [3.63, 3.8) is 0 Å². The van der Waals surface area contributed by atoms with Crippen LogP contribution in [0.1, 0.15) is 12.6 Å². The van der Waals surface area contributed by atoms with Crippen LogP contribution in [0.15, 0.2) is 23.0 Å². The maximum Gasteiger partial charge on any atom is 0.294 e. The fourth-order valence-electron chi connectivity index (χ4n) is 2.00. The maximum atomic E-state index is 13.1. The summed E-state index contributed by atoms with van der Waals surface area (Å²) in [4.78, 5) is 12.0. The third-order valence-electron chi connectivity index (χ3n) is 2.91. The normalized spacial score (nSPS) is 10.9. The van der Waals surface area contributed by atoms with E-state index in [0.29, 0.717) is 12.1 Å². The van der Waals surface area contributed by atoms with Gasteiger partial charge in [0.05, 0.1) is 16.4 Å². The van der Waals surface area contributed by atoms with Crippen molar-refractivity contribution >= 4 is 17.3 Å². The van der Waals surface area contributed by atoms with Crippen molar-refractivity contribution in [2.75, 3.05) is 5.73 Å². The summed E-state index contributed by atoms with van der Waals surface area (Å²) in [5.74, 6) is -0.522. The molecule has 0 fully saturated rings. The smallest absolute Gasteiger partial charge is 0.294 e. The van der Waals surface area contributed by atoms with Crippen LogP contribution in [0.2, 0.25) is 5.02 Å². The molecule has 96 valence electrons. The second kappa shape index (κ2) is 4.49. The molecule has 0 amide bonds. The number of halogens is 2. The minimum Gasteiger partial charge on any atom is -0.393 e. The number of nitrogen functional groups attached to an aromatic ring is 1. The number of anilines is 1. The van der Waals surface area contributed by atoms with Crippen molar-refractivity contribution in [2.24, 2.45) is 7.05 Å². The fourth-order valence-corrected chi connectivity index (χ4v) is 2.17. The summed E-state index contributed by atoms with van der Waals surface area (Å²) in [6.07, 6.45) is 0.638. The topological polar surface area (TPSA) is 53.0 Å². The average Bonchev–Trinajstić information content (AvgIpc) is 2.54. The molecule has 4 nitrogen and oxygen atoms in total. The Balaban J connectivity index is 2.71. The second-order valence-corrected chi connectivity index (χ2v) is 4.36. The van der Waals surface area contributed by atoms with Gasteiger partial charge in [0.2, 0.25) is 0 Å². The molecular formula is C12H13ClFN3O. The molecule has 0 spiro atoms. The summed E-state index contributed by atoms with van der Waals surface area (Å²) in [7, 11) is 1.73. The molecule has 0 aliphatic rings. The molecule has 1 heterocycles.